The predicted octanol–water partition coefficient (Wildman–Crippen LogP) is 4.55. The number of benzene rings is 2. The highest BCUT2D eigenvalue weighted by Gasteiger charge is 2.14. The lowest BCUT2D eigenvalue weighted by Gasteiger charge is -2.20. The number of nitrogens with one attached hydrogen (secondary N) is 1. The number of hydrogen-bond acceptors (Lipinski definition) is 3. The first kappa shape index (κ1) is 17.8. The van der Waals surface area contributed by atoms with Crippen LogP contribution in [0, 0.1) is 5.92 Å². The zero-order valence-corrected chi connectivity index (χ0v) is 15.1. The Morgan fingerprint density at radius 2 is 1.73 bits per heavy atom. The number of para-hydroxylation sites is 2. The first-order chi connectivity index (χ1) is 12.6. The Hall–Kier alpha value is -3.01. The van der Waals surface area contributed by atoms with Crippen LogP contribution in [0.5, 0.6) is 0 Å². The van der Waals surface area contributed by atoms with Crippen molar-refractivity contribution in [3.8, 4) is 0 Å². The molecule has 3 rings (SSSR count). The van der Waals surface area contributed by atoms with Crippen LogP contribution in [-0.4, -0.2) is 15.9 Å². The van der Waals surface area contributed by atoms with Crippen LogP contribution in [-0.2, 0) is 4.79 Å². The van der Waals surface area contributed by atoms with E-state index in [1.807, 2.05) is 54.6 Å². The average molecular weight is 345 g/mol. The van der Waals surface area contributed by atoms with E-state index >= 15 is 0 Å². The summed E-state index contributed by atoms with van der Waals surface area (Å²) in [5, 5.41) is 3.10. The molecule has 0 saturated heterocycles. The van der Waals surface area contributed by atoms with Gasteiger partial charge in [0.1, 0.15) is 0 Å². The zero-order chi connectivity index (χ0) is 18.4. The molecule has 26 heavy (non-hydrogen) atoms. The van der Waals surface area contributed by atoms with Crippen LogP contribution in [0.15, 0.2) is 66.9 Å². The first-order valence-corrected chi connectivity index (χ1v) is 8.87. The second-order valence-electron chi connectivity index (χ2n) is 6.72. The minimum absolute atomic E-state index is 0.00367. The normalized spacial score (nSPS) is 12.6. The second kappa shape index (κ2) is 8.39. The van der Waals surface area contributed by atoms with E-state index in [4.69, 9.17) is 0 Å². The van der Waals surface area contributed by atoms with E-state index in [0.29, 0.717) is 11.6 Å². The summed E-state index contributed by atoms with van der Waals surface area (Å²) < 4.78 is 0. The molecule has 1 N–H and O–H groups in total. The fraction of sp³-hybridized carbons (Fsp3) is 0.227. The highest BCUT2D eigenvalue weighted by molar-refractivity contribution is 5.92. The Morgan fingerprint density at radius 1 is 1.04 bits per heavy atom. The lowest BCUT2D eigenvalue weighted by Crippen LogP contribution is -2.27. The van der Waals surface area contributed by atoms with Crippen LogP contribution in [0.3, 0.4) is 0 Å². The van der Waals surface area contributed by atoms with Gasteiger partial charge in [-0.15, -0.1) is 0 Å². The second-order valence-corrected chi connectivity index (χ2v) is 6.72. The summed E-state index contributed by atoms with van der Waals surface area (Å²) in [6.07, 6.45) is 5.79. The van der Waals surface area contributed by atoms with E-state index < -0.39 is 0 Å². The molecular formula is C22H23N3O. The molecule has 4 nitrogen and oxygen atoms in total. The molecule has 1 unspecified atom stereocenters. The van der Waals surface area contributed by atoms with Crippen molar-refractivity contribution in [1.29, 1.82) is 0 Å². The third-order valence-electron chi connectivity index (χ3n) is 4.10. The van der Waals surface area contributed by atoms with Gasteiger partial charge in [-0.3, -0.25) is 9.78 Å². The molecule has 1 atom stereocenters. The molecule has 4 heteroatoms. The van der Waals surface area contributed by atoms with E-state index in [9.17, 15) is 4.79 Å². The third-order valence-corrected chi connectivity index (χ3v) is 4.10. The van der Waals surface area contributed by atoms with Gasteiger partial charge in [-0.05, 0) is 36.1 Å². The summed E-state index contributed by atoms with van der Waals surface area (Å²) in [6.45, 7) is 4.31. The maximum absolute atomic E-state index is 12.4. The van der Waals surface area contributed by atoms with Gasteiger partial charge >= 0.3 is 0 Å². The van der Waals surface area contributed by atoms with Crippen molar-refractivity contribution in [1.82, 2.24) is 15.3 Å². The molecule has 0 aliphatic heterocycles. The third kappa shape index (κ3) is 4.76. The Morgan fingerprint density at radius 3 is 2.46 bits per heavy atom. The van der Waals surface area contributed by atoms with Crippen molar-refractivity contribution in [2.24, 2.45) is 5.92 Å². The van der Waals surface area contributed by atoms with Crippen molar-refractivity contribution in [3.63, 3.8) is 0 Å². The van der Waals surface area contributed by atoms with E-state index in [1.54, 1.807) is 12.3 Å². The molecule has 0 aliphatic carbocycles. The Balaban J connectivity index is 1.71. The van der Waals surface area contributed by atoms with Gasteiger partial charge in [-0.2, -0.15) is 0 Å². The SMILES string of the molecule is CC(C)CC(NC(=O)/C=C/c1cnc2ccccc2n1)c1ccccc1. The molecule has 0 fully saturated rings. The number of carbonyl (C=O) groups is 1. The summed E-state index contributed by atoms with van der Waals surface area (Å²) in [4.78, 5) is 21.3. The van der Waals surface area contributed by atoms with Crippen molar-refractivity contribution in [2.75, 3.05) is 0 Å². The Labute approximate surface area is 154 Å². The average Bonchev–Trinajstić information content (AvgIpc) is 2.66. The first-order valence-electron chi connectivity index (χ1n) is 8.87. The molecule has 1 heterocycles. The maximum atomic E-state index is 12.4. The monoisotopic (exact) mass is 345 g/mol. The lowest BCUT2D eigenvalue weighted by atomic mass is 9.97. The van der Waals surface area contributed by atoms with Gasteiger partial charge < -0.3 is 5.32 Å². The van der Waals surface area contributed by atoms with Crippen LogP contribution < -0.4 is 5.32 Å². The number of rotatable bonds is 6. The molecule has 2 aromatic carbocycles. The van der Waals surface area contributed by atoms with Crippen LogP contribution in [0.4, 0.5) is 0 Å². The Bertz CT molecular complexity index is 903. The van der Waals surface area contributed by atoms with Gasteiger partial charge in [-0.1, -0.05) is 56.3 Å². The quantitative estimate of drug-likeness (QED) is 0.667. The van der Waals surface area contributed by atoms with Crippen molar-refractivity contribution < 1.29 is 4.79 Å². The minimum atomic E-state index is -0.130. The van der Waals surface area contributed by atoms with Crippen LogP contribution >= 0.6 is 0 Å². The molecule has 132 valence electrons. The summed E-state index contributed by atoms with van der Waals surface area (Å²) in [5.74, 6) is 0.352. The summed E-state index contributed by atoms with van der Waals surface area (Å²) >= 11 is 0. The summed E-state index contributed by atoms with van der Waals surface area (Å²) in [6, 6.07) is 17.7. The van der Waals surface area contributed by atoms with Crippen molar-refractivity contribution in [2.45, 2.75) is 26.3 Å². The molecule has 0 saturated carbocycles. The van der Waals surface area contributed by atoms with Crippen molar-refractivity contribution >= 4 is 23.0 Å². The molecule has 1 aromatic heterocycles. The van der Waals surface area contributed by atoms with E-state index in [2.05, 4.69) is 29.1 Å². The van der Waals surface area contributed by atoms with Gasteiger partial charge in [0.25, 0.3) is 0 Å². The standard InChI is InChI=1S/C22H23N3O/c1-16(2)14-21(17-8-4-3-5-9-17)25-22(26)13-12-18-15-23-19-10-6-7-11-20(19)24-18/h3-13,15-16,21H,14H2,1-2H3,(H,25,26)/b13-12+. The number of amides is 1. The number of nitrogens with zero attached hydrogens (tertiary/aromatic N) is 2. The van der Waals surface area contributed by atoms with Gasteiger partial charge in [0.2, 0.25) is 5.91 Å². The van der Waals surface area contributed by atoms with Crippen molar-refractivity contribution in [3.05, 3.63) is 78.1 Å². The van der Waals surface area contributed by atoms with Gasteiger partial charge in [0.05, 0.1) is 29.0 Å². The number of hydrogen-bond donors (Lipinski definition) is 1. The molecule has 0 bridgehead atoms. The number of carbonyl (C=O) groups excluding carboxylic acids is 1. The highest BCUT2D eigenvalue weighted by atomic mass is 16.1. The topological polar surface area (TPSA) is 54.9 Å². The maximum Gasteiger partial charge on any atom is 0.244 e. The lowest BCUT2D eigenvalue weighted by molar-refractivity contribution is -0.117. The minimum Gasteiger partial charge on any atom is -0.346 e. The molecular weight excluding hydrogens is 322 g/mol. The van der Waals surface area contributed by atoms with E-state index in [-0.39, 0.29) is 11.9 Å². The zero-order valence-electron chi connectivity index (χ0n) is 15.1. The Kier molecular flexibility index (Phi) is 5.74. The van der Waals surface area contributed by atoms with Crippen LogP contribution in [0.1, 0.15) is 37.6 Å². The van der Waals surface area contributed by atoms with Crippen LogP contribution in [0.25, 0.3) is 17.1 Å². The predicted molar refractivity (Wildman–Crippen MR) is 105 cm³/mol. The highest BCUT2D eigenvalue weighted by Crippen LogP contribution is 2.21. The molecule has 1 amide bonds. The molecule has 0 spiro atoms. The summed E-state index contributed by atoms with van der Waals surface area (Å²) in [5.41, 5.74) is 3.44. The van der Waals surface area contributed by atoms with Gasteiger partial charge in [0, 0.05) is 6.08 Å². The molecule has 3 aromatic rings. The largest absolute Gasteiger partial charge is 0.346 e. The van der Waals surface area contributed by atoms with E-state index in [1.165, 1.54) is 6.08 Å². The van der Waals surface area contributed by atoms with Gasteiger partial charge in [0.15, 0.2) is 0 Å². The number of fused-ring (bicyclic) bond motifs is 1. The van der Waals surface area contributed by atoms with E-state index in [0.717, 1.165) is 23.0 Å². The van der Waals surface area contributed by atoms with Crippen LogP contribution in [0.2, 0.25) is 0 Å². The summed E-state index contributed by atoms with van der Waals surface area (Å²) in [7, 11) is 0. The fourth-order valence-corrected chi connectivity index (χ4v) is 2.87. The molecule has 0 aliphatic rings. The number of aromatic nitrogens is 2. The smallest absolute Gasteiger partial charge is 0.244 e. The van der Waals surface area contributed by atoms with Gasteiger partial charge in [-0.25, -0.2) is 4.98 Å². The fourth-order valence-electron chi connectivity index (χ4n) is 2.87. The molecule has 0 radical (unpaired) electrons.